The van der Waals surface area contributed by atoms with Crippen LogP contribution in [-0.4, -0.2) is 31.0 Å². The third-order valence-electron chi connectivity index (χ3n) is 2.33. The zero-order chi connectivity index (χ0) is 10.2. The Hall–Kier alpha value is -0.280. The Balaban J connectivity index is 2.07. The molecule has 0 radical (unpaired) electrons. The molecule has 0 aromatic rings. The first kappa shape index (κ1) is 11.8. The lowest BCUT2D eigenvalue weighted by Gasteiger charge is -2.21. The topological polar surface area (TPSA) is 38.3 Å². The van der Waals surface area contributed by atoms with E-state index in [1.54, 1.807) is 0 Å². The number of amides is 1. The van der Waals surface area contributed by atoms with Gasteiger partial charge in [-0.2, -0.15) is 0 Å². The maximum Gasteiger partial charge on any atom is 0.249 e. The van der Waals surface area contributed by atoms with Crippen molar-refractivity contribution in [2.45, 2.75) is 38.2 Å². The molecule has 1 fully saturated rings. The molecule has 0 aromatic heterocycles. The first-order chi connectivity index (χ1) is 6.84. The molecular weight excluding hydrogens is 202 g/mol. The van der Waals surface area contributed by atoms with Crippen LogP contribution in [0, 0.1) is 0 Å². The number of nitrogens with one attached hydrogen (secondary N) is 1. The van der Waals surface area contributed by atoms with Crippen molar-refractivity contribution in [3.05, 3.63) is 0 Å². The van der Waals surface area contributed by atoms with E-state index in [4.69, 9.17) is 16.3 Å². The van der Waals surface area contributed by atoms with Crippen LogP contribution >= 0.6 is 11.6 Å². The molecule has 0 aliphatic carbocycles. The molecule has 82 valence electrons. The third-order valence-corrected chi connectivity index (χ3v) is 2.60. The number of unbranched alkanes of at least 4 members (excludes halogenated alkanes) is 1. The molecule has 0 aromatic carbocycles. The summed E-state index contributed by atoms with van der Waals surface area (Å²) in [5.74, 6) is 0.703. The van der Waals surface area contributed by atoms with Crippen molar-refractivity contribution >= 4 is 17.5 Å². The zero-order valence-corrected chi connectivity index (χ0v) is 9.18. The number of halogens is 1. The van der Waals surface area contributed by atoms with E-state index in [9.17, 15) is 4.79 Å². The van der Waals surface area contributed by atoms with Crippen LogP contribution in [0.5, 0.6) is 0 Å². The number of hydrogen-bond donors (Lipinski definition) is 1. The highest BCUT2D eigenvalue weighted by Crippen LogP contribution is 2.12. The Morgan fingerprint density at radius 3 is 2.93 bits per heavy atom. The molecule has 1 aliphatic heterocycles. The number of hydrogen-bond acceptors (Lipinski definition) is 2. The molecule has 3 nitrogen and oxygen atoms in total. The molecule has 4 heteroatoms. The minimum atomic E-state index is -0.209. The second-order valence-corrected chi connectivity index (χ2v) is 3.92. The van der Waals surface area contributed by atoms with Gasteiger partial charge >= 0.3 is 0 Å². The molecule has 14 heavy (non-hydrogen) atoms. The van der Waals surface area contributed by atoms with Crippen molar-refractivity contribution in [2.24, 2.45) is 0 Å². The highest BCUT2D eigenvalue weighted by atomic mass is 35.5. The van der Waals surface area contributed by atoms with Crippen LogP contribution in [0.4, 0.5) is 0 Å². The minimum Gasteiger partial charge on any atom is -0.368 e. The minimum absolute atomic E-state index is 0.0410. The van der Waals surface area contributed by atoms with Gasteiger partial charge in [0.25, 0.3) is 0 Å². The summed E-state index contributed by atoms with van der Waals surface area (Å²) in [6.07, 6.45) is 4.73. The molecule has 1 unspecified atom stereocenters. The predicted octanol–water partition coefficient (Wildman–Crippen LogP) is 1.69. The number of alkyl halides is 1. The van der Waals surface area contributed by atoms with Crippen LogP contribution in [0.3, 0.4) is 0 Å². The second-order valence-electron chi connectivity index (χ2n) is 3.54. The van der Waals surface area contributed by atoms with Gasteiger partial charge in [0.1, 0.15) is 6.10 Å². The fourth-order valence-corrected chi connectivity index (χ4v) is 1.68. The predicted molar refractivity (Wildman–Crippen MR) is 56.6 cm³/mol. The lowest BCUT2D eigenvalue weighted by molar-refractivity contribution is -0.135. The zero-order valence-electron chi connectivity index (χ0n) is 8.43. The molecule has 1 heterocycles. The number of carbonyl (C=O) groups is 1. The molecule has 1 rings (SSSR count). The van der Waals surface area contributed by atoms with E-state index in [0.29, 0.717) is 12.4 Å². The fourth-order valence-electron chi connectivity index (χ4n) is 1.49. The number of rotatable bonds is 5. The summed E-state index contributed by atoms with van der Waals surface area (Å²) in [6.45, 7) is 1.44. The van der Waals surface area contributed by atoms with Crippen LogP contribution in [0.15, 0.2) is 0 Å². The normalized spacial score (nSPS) is 21.9. The SMILES string of the molecule is O=C(NCCCCCl)C1CCCCO1. The van der Waals surface area contributed by atoms with E-state index < -0.39 is 0 Å². The van der Waals surface area contributed by atoms with E-state index in [1.807, 2.05) is 0 Å². The second kappa shape index (κ2) is 7.07. The van der Waals surface area contributed by atoms with Crippen LogP contribution in [-0.2, 0) is 9.53 Å². The van der Waals surface area contributed by atoms with Crippen molar-refractivity contribution < 1.29 is 9.53 Å². The van der Waals surface area contributed by atoms with E-state index in [0.717, 1.165) is 38.7 Å². The molecule has 0 saturated carbocycles. The summed E-state index contributed by atoms with van der Waals surface area (Å²) in [4.78, 5) is 11.5. The van der Waals surface area contributed by atoms with Gasteiger partial charge < -0.3 is 10.1 Å². The number of ether oxygens (including phenoxy) is 1. The summed E-state index contributed by atoms with van der Waals surface area (Å²) in [6, 6.07) is 0. The molecule has 0 spiro atoms. The molecule has 0 bridgehead atoms. The van der Waals surface area contributed by atoms with Gasteiger partial charge in [-0.25, -0.2) is 0 Å². The average Bonchev–Trinajstić information content (AvgIpc) is 2.25. The molecule has 1 amide bonds. The van der Waals surface area contributed by atoms with E-state index >= 15 is 0 Å². The van der Waals surface area contributed by atoms with Crippen molar-refractivity contribution in [1.29, 1.82) is 0 Å². The van der Waals surface area contributed by atoms with Gasteiger partial charge in [-0.05, 0) is 32.1 Å². The largest absolute Gasteiger partial charge is 0.368 e. The van der Waals surface area contributed by atoms with E-state index in [1.165, 1.54) is 0 Å². The summed E-state index contributed by atoms with van der Waals surface area (Å²) < 4.78 is 5.36. The van der Waals surface area contributed by atoms with Crippen molar-refractivity contribution in [1.82, 2.24) is 5.32 Å². The van der Waals surface area contributed by atoms with Crippen LogP contribution < -0.4 is 5.32 Å². The van der Waals surface area contributed by atoms with Crippen LogP contribution in [0.25, 0.3) is 0 Å². The maximum absolute atomic E-state index is 11.5. The summed E-state index contributed by atoms with van der Waals surface area (Å²) >= 11 is 5.53. The highest BCUT2D eigenvalue weighted by molar-refractivity contribution is 6.17. The summed E-state index contributed by atoms with van der Waals surface area (Å²) in [7, 11) is 0. The molecule has 1 saturated heterocycles. The van der Waals surface area contributed by atoms with Crippen molar-refractivity contribution in [2.75, 3.05) is 19.0 Å². The quantitative estimate of drug-likeness (QED) is 0.565. The van der Waals surface area contributed by atoms with Gasteiger partial charge in [0.05, 0.1) is 0 Å². The maximum atomic E-state index is 11.5. The Labute approximate surface area is 90.1 Å². The van der Waals surface area contributed by atoms with Gasteiger partial charge in [0, 0.05) is 19.0 Å². The standard InChI is InChI=1S/C10H18ClNO2/c11-6-2-3-7-12-10(13)9-5-1-4-8-14-9/h9H,1-8H2,(H,12,13). The monoisotopic (exact) mass is 219 g/mol. The Kier molecular flexibility index (Phi) is 5.96. The number of carbonyl (C=O) groups excluding carboxylic acids is 1. The Bertz CT molecular complexity index is 170. The van der Waals surface area contributed by atoms with Crippen LogP contribution in [0.1, 0.15) is 32.1 Å². The Morgan fingerprint density at radius 1 is 1.43 bits per heavy atom. The molecule has 1 aliphatic rings. The highest BCUT2D eigenvalue weighted by Gasteiger charge is 2.20. The van der Waals surface area contributed by atoms with Gasteiger partial charge in [-0.1, -0.05) is 0 Å². The fraction of sp³-hybridized carbons (Fsp3) is 0.900. The van der Waals surface area contributed by atoms with E-state index in [2.05, 4.69) is 5.32 Å². The smallest absolute Gasteiger partial charge is 0.249 e. The lowest BCUT2D eigenvalue weighted by Crippen LogP contribution is -2.38. The average molecular weight is 220 g/mol. The summed E-state index contributed by atoms with van der Waals surface area (Å²) in [5, 5.41) is 2.86. The first-order valence-corrected chi connectivity index (χ1v) is 5.83. The van der Waals surface area contributed by atoms with Crippen molar-refractivity contribution in [3.8, 4) is 0 Å². The van der Waals surface area contributed by atoms with Gasteiger partial charge in [0.15, 0.2) is 0 Å². The molecular formula is C10H18ClNO2. The lowest BCUT2D eigenvalue weighted by atomic mass is 10.1. The molecule has 1 atom stereocenters. The molecule has 1 N–H and O–H groups in total. The first-order valence-electron chi connectivity index (χ1n) is 5.30. The summed E-state index contributed by atoms with van der Waals surface area (Å²) in [5.41, 5.74) is 0. The van der Waals surface area contributed by atoms with Gasteiger partial charge in [-0.3, -0.25) is 4.79 Å². The van der Waals surface area contributed by atoms with Gasteiger partial charge in [0.2, 0.25) is 5.91 Å². The van der Waals surface area contributed by atoms with Gasteiger partial charge in [-0.15, -0.1) is 11.6 Å². The Morgan fingerprint density at radius 2 is 2.29 bits per heavy atom. The third kappa shape index (κ3) is 4.29. The van der Waals surface area contributed by atoms with Crippen LogP contribution in [0.2, 0.25) is 0 Å². The van der Waals surface area contributed by atoms with Crippen molar-refractivity contribution in [3.63, 3.8) is 0 Å². The van der Waals surface area contributed by atoms with E-state index in [-0.39, 0.29) is 12.0 Å².